The Balaban J connectivity index is 1.14. The highest BCUT2D eigenvalue weighted by Crippen LogP contribution is 2.55. The number of hydrogen-bond acceptors (Lipinski definition) is 10. The van der Waals surface area contributed by atoms with Crippen molar-refractivity contribution in [1.29, 1.82) is 0 Å². The van der Waals surface area contributed by atoms with Crippen LogP contribution in [0.5, 0.6) is 11.5 Å². The molecule has 2 heterocycles. The molecule has 2 aliphatic heterocycles. The van der Waals surface area contributed by atoms with Crippen LogP contribution in [0.2, 0.25) is 0 Å². The van der Waals surface area contributed by atoms with Crippen LogP contribution in [0.4, 0.5) is 0 Å². The second-order valence-corrected chi connectivity index (χ2v) is 16.7. The van der Waals surface area contributed by atoms with Gasteiger partial charge in [0.25, 0.3) is 0 Å². The van der Waals surface area contributed by atoms with Gasteiger partial charge in [-0.05, 0) is 114 Å². The van der Waals surface area contributed by atoms with Crippen molar-refractivity contribution < 1.29 is 47.7 Å². The number of fused-ring (bicyclic) bond motifs is 2. The van der Waals surface area contributed by atoms with E-state index in [0.29, 0.717) is 28.5 Å². The minimum atomic E-state index is -0.813. The van der Waals surface area contributed by atoms with Crippen molar-refractivity contribution in [1.82, 2.24) is 0 Å². The van der Waals surface area contributed by atoms with E-state index in [-0.39, 0.29) is 38.8 Å². The Morgan fingerprint density at radius 2 is 0.934 bits per heavy atom. The molecule has 0 spiro atoms. The molecule has 0 amide bonds. The normalized spacial score (nSPS) is 17.2. The van der Waals surface area contributed by atoms with Gasteiger partial charge in [-0.3, -0.25) is 0 Å². The first kappa shape index (κ1) is 39.0. The standard InChI is InChI=1S/C51H38O10/c1-29-26-50(2,3)28-51(27-29,34-16-20-42(38(24-34)30-10-6-4-7-11-30)58-44(52)32-14-18-36-40(22-32)48(56)60-46(36)54)35-17-21-43(39(25-35)31-12-8-5-9-13-31)59-45(53)33-15-19-37-41(23-33)49(57)61-47(37)55/h4-25,29H,26-28H2,1-3H3. The first-order chi connectivity index (χ1) is 29.3. The van der Waals surface area contributed by atoms with E-state index in [2.05, 4.69) is 32.9 Å². The van der Waals surface area contributed by atoms with Gasteiger partial charge < -0.3 is 18.9 Å². The summed E-state index contributed by atoms with van der Waals surface area (Å²) in [6.07, 6.45) is 2.58. The minimum Gasteiger partial charge on any atom is -0.422 e. The van der Waals surface area contributed by atoms with Crippen LogP contribution in [-0.4, -0.2) is 35.8 Å². The van der Waals surface area contributed by atoms with Crippen LogP contribution >= 0.6 is 0 Å². The molecule has 0 saturated heterocycles. The Bertz CT molecular complexity index is 2660. The Morgan fingerprint density at radius 1 is 0.508 bits per heavy atom. The Labute approximate surface area is 351 Å². The Morgan fingerprint density at radius 3 is 1.36 bits per heavy atom. The fourth-order valence-electron chi connectivity index (χ4n) is 9.44. The molecule has 6 aromatic rings. The second kappa shape index (κ2) is 15.0. The monoisotopic (exact) mass is 810 g/mol. The zero-order valence-corrected chi connectivity index (χ0v) is 33.5. The van der Waals surface area contributed by atoms with E-state index >= 15 is 0 Å². The topological polar surface area (TPSA) is 139 Å². The summed E-state index contributed by atoms with van der Waals surface area (Å²) < 4.78 is 21.6. The van der Waals surface area contributed by atoms with Gasteiger partial charge in [0.1, 0.15) is 11.5 Å². The van der Waals surface area contributed by atoms with E-state index in [4.69, 9.17) is 18.9 Å². The zero-order chi connectivity index (χ0) is 42.6. The lowest BCUT2D eigenvalue weighted by Crippen LogP contribution is -2.41. The quantitative estimate of drug-likeness (QED) is 0.0829. The third kappa shape index (κ3) is 7.20. The molecule has 10 heteroatoms. The molecular formula is C51H38O10. The molecule has 0 radical (unpaired) electrons. The predicted molar refractivity (Wildman–Crippen MR) is 224 cm³/mol. The van der Waals surface area contributed by atoms with Crippen molar-refractivity contribution in [3.63, 3.8) is 0 Å². The zero-order valence-electron chi connectivity index (χ0n) is 33.5. The van der Waals surface area contributed by atoms with Crippen molar-refractivity contribution >= 4 is 35.8 Å². The van der Waals surface area contributed by atoms with Crippen LogP contribution in [0.15, 0.2) is 133 Å². The number of carbonyl (C=O) groups excluding carboxylic acids is 6. The molecule has 302 valence electrons. The summed E-state index contributed by atoms with van der Waals surface area (Å²) in [7, 11) is 0. The number of carbonyl (C=O) groups is 6. The number of benzene rings is 6. The highest BCUT2D eigenvalue weighted by Gasteiger charge is 2.46. The lowest BCUT2D eigenvalue weighted by Gasteiger charge is -2.49. The number of hydrogen-bond donors (Lipinski definition) is 0. The average molecular weight is 811 g/mol. The molecule has 1 atom stereocenters. The molecule has 10 nitrogen and oxygen atoms in total. The summed E-state index contributed by atoms with van der Waals surface area (Å²) in [6.45, 7) is 6.82. The van der Waals surface area contributed by atoms with E-state index in [1.165, 1.54) is 36.4 Å². The molecule has 1 saturated carbocycles. The van der Waals surface area contributed by atoms with Crippen molar-refractivity contribution in [2.24, 2.45) is 11.3 Å². The highest BCUT2D eigenvalue weighted by molar-refractivity contribution is 6.16. The molecule has 1 aliphatic carbocycles. The number of esters is 6. The largest absolute Gasteiger partial charge is 0.422 e. The van der Waals surface area contributed by atoms with Crippen LogP contribution in [0.1, 0.15) is 113 Å². The van der Waals surface area contributed by atoms with Crippen LogP contribution in [0, 0.1) is 11.3 Å². The Hall–Kier alpha value is -7.46. The van der Waals surface area contributed by atoms with Crippen LogP contribution in [0.3, 0.4) is 0 Å². The number of cyclic esters (lactones) is 4. The van der Waals surface area contributed by atoms with Gasteiger partial charge in [0, 0.05) is 16.5 Å². The lowest BCUT2D eigenvalue weighted by molar-refractivity contribution is 0.0425. The molecule has 6 aromatic carbocycles. The van der Waals surface area contributed by atoms with Crippen LogP contribution in [0.25, 0.3) is 22.3 Å². The Kier molecular flexibility index (Phi) is 9.58. The van der Waals surface area contributed by atoms with Gasteiger partial charge in [-0.2, -0.15) is 0 Å². The number of ether oxygens (including phenoxy) is 4. The molecule has 9 rings (SSSR count). The van der Waals surface area contributed by atoms with Gasteiger partial charge in [0.2, 0.25) is 0 Å². The summed E-state index contributed by atoms with van der Waals surface area (Å²) in [4.78, 5) is 76.1. The lowest BCUT2D eigenvalue weighted by atomic mass is 9.55. The maximum atomic E-state index is 13.7. The third-order valence-electron chi connectivity index (χ3n) is 11.8. The molecule has 0 N–H and O–H groups in total. The van der Waals surface area contributed by atoms with Gasteiger partial charge >= 0.3 is 35.8 Å². The van der Waals surface area contributed by atoms with Gasteiger partial charge in [-0.25, -0.2) is 28.8 Å². The minimum absolute atomic E-state index is 0.0113. The molecule has 1 unspecified atom stereocenters. The first-order valence-electron chi connectivity index (χ1n) is 19.9. The van der Waals surface area contributed by atoms with E-state index in [1.807, 2.05) is 84.9 Å². The summed E-state index contributed by atoms with van der Waals surface area (Å²) >= 11 is 0. The highest BCUT2D eigenvalue weighted by atomic mass is 16.6. The molecule has 61 heavy (non-hydrogen) atoms. The smallest absolute Gasteiger partial charge is 0.346 e. The average Bonchev–Trinajstić information content (AvgIpc) is 3.71. The van der Waals surface area contributed by atoms with E-state index in [9.17, 15) is 28.8 Å². The van der Waals surface area contributed by atoms with E-state index < -0.39 is 41.2 Å². The maximum Gasteiger partial charge on any atom is 0.346 e. The van der Waals surface area contributed by atoms with Gasteiger partial charge in [0.15, 0.2) is 0 Å². The van der Waals surface area contributed by atoms with Crippen molar-refractivity contribution in [3.05, 3.63) is 178 Å². The molecule has 0 bridgehead atoms. The SMILES string of the molecule is CC1CC(C)(C)CC(c2ccc(OC(=O)c3ccc4c(c3)C(=O)OC4=O)c(-c3ccccc3)c2)(c2ccc(OC(=O)c3ccc4c(c3)C(=O)OC4=O)c(-c3ccccc3)c2)C1. The van der Waals surface area contributed by atoms with Crippen molar-refractivity contribution in [3.8, 4) is 33.8 Å². The van der Waals surface area contributed by atoms with Crippen LogP contribution in [-0.2, 0) is 14.9 Å². The summed E-state index contributed by atoms with van der Waals surface area (Å²) in [5.41, 5.74) is 4.80. The second-order valence-electron chi connectivity index (χ2n) is 16.7. The molecule has 3 aliphatic rings. The number of rotatable bonds is 8. The van der Waals surface area contributed by atoms with Gasteiger partial charge in [-0.15, -0.1) is 0 Å². The van der Waals surface area contributed by atoms with Gasteiger partial charge in [-0.1, -0.05) is 93.6 Å². The predicted octanol–water partition coefficient (Wildman–Crippen LogP) is 10.2. The third-order valence-corrected chi connectivity index (χ3v) is 11.8. The molecular weight excluding hydrogens is 773 g/mol. The fraction of sp³-hybridized carbons (Fsp3) is 0.176. The molecule has 0 aromatic heterocycles. The van der Waals surface area contributed by atoms with Gasteiger partial charge in [0.05, 0.1) is 33.4 Å². The van der Waals surface area contributed by atoms with E-state index in [1.54, 1.807) is 0 Å². The first-order valence-corrected chi connectivity index (χ1v) is 19.9. The van der Waals surface area contributed by atoms with Crippen LogP contribution < -0.4 is 9.47 Å². The molecule has 1 fully saturated rings. The summed E-state index contributed by atoms with van der Waals surface area (Å²) in [5.74, 6) is -3.60. The van der Waals surface area contributed by atoms with E-state index in [0.717, 1.165) is 41.5 Å². The van der Waals surface area contributed by atoms with Crippen molar-refractivity contribution in [2.75, 3.05) is 0 Å². The summed E-state index contributed by atoms with van der Waals surface area (Å²) in [6, 6.07) is 39.4. The summed E-state index contributed by atoms with van der Waals surface area (Å²) in [5, 5.41) is 0. The van der Waals surface area contributed by atoms with Crippen molar-refractivity contribution in [2.45, 2.75) is 45.4 Å². The fourth-order valence-corrected chi connectivity index (χ4v) is 9.44. The maximum absolute atomic E-state index is 13.7.